The van der Waals surface area contributed by atoms with Crippen molar-refractivity contribution in [3.63, 3.8) is 0 Å². The van der Waals surface area contributed by atoms with Crippen LogP contribution in [0.3, 0.4) is 0 Å². The molecule has 1 N–H and O–H groups in total. The molecule has 74 valence electrons. The minimum absolute atomic E-state index is 0.844. The quantitative estimate of drug-likeness (QED) is 0.515. The predicted molar refractivity (Wildman–Crippen MR) is 53.7 cm³/mol. The number of nitrogens with one attached hydrogen (secondary N) is 1. The lowest BCUT2D eigenvalue weighted by molar-refractivity contribution is 0.149. The maximum atomic E-state index is 5.36. The molecule has 2 aliphatic rings. The van der Waals surface area contributed by atoms with Crippen molar-refractivity contribution in [2.24, 2.45) is 5.92 Å². The van der Waals surface area contributed by atoms with Gasteiger partial charge in [-0.25, -0.2) is 0 Å². The van der Waals surface area contributed by atoms with Crippen molar-refractivity contribution in [2.75, 3.05) is 26.3 Å². The zero-order chi connectivity index (χ0) is 8.93. The van der Waals surface area contributed by atoms with Crippen molar-refractivity contribution in [1.82, 2.24) is 5.32 Å². The van der Waals surface area contributed by atoms with E-state index in [4.69, 9.17) is 4.74 Å². The molecule has 1 aliphatic heterocycles. The fourth-order valence-corrected chi connectivity index (χ4v) is 1.69. The smallest absolute Gasteiger partial charge is 0.0689 e. The summed E-state index contributed by atoms with van der Waals surface area (Å²) in [5.74, 6) is 1.05. The SMILES string of the molecule is C1=C(CNCCC2CC2)COCC1. The van der Waals surface area contributed by atoms with E-state index in [-0.39, 0.29) is 0 Å². The maximum absolute atomic E-state index is 5.36. The molecule has 0 aromatic heterocycles. The number of ether oxygens (including phenoxy) is 1. The van der Waals surface area contributed by atoms with Gasteiger partial charge in [0.25, 0.3) is 0 Å². The van der Waals surface area contributed by atoms with Crippen LogP contribution in [0.5, 0.6) is 0 Å². The Bertz CT molecular complexity index is 185. The van der Waals surface area contributed by atoms with Crippen LogP contribution in [0.15, 0.2) is 11.6 Å². The molecule has 13 heavy (non-hydrogen) atoms. The molecule has 0 spiro atoms. The van der Waals surface area contributed by atoms with Gasteiger partial charge in [-0.2, -0.15) is 0 Å². The summed E-state index contributed by atoms with van der Waals surface area (Å²) in [5.41, 5.74) is 1.43. The summed E-state index contributed by atoms with van der Waals surface area (Å²) < 4.78 is 5.36. The van der Waals surface area contributed by atoms with Gasteiger partial charge in [0.1, 0.15) is 0 Å². The van der Waals surface area contributed by atoms with Gasteiger partial charge in [0.15, 0.2) is 0 Å². The van der Waals surface area contributed by atoms with Gasteiger partial charge in [0.05, 0.1) is 13.2 Å². The fourth-order valence-electron chi connectivity index (χ4n) is 1.69. The number of rotatable bonds is 5. The average molecular weight is 181 g/mol. The second-order valence-corrected chi connectivity index (χ2v) is 4.11. The Labute approximate surface area is 80.4 Å². The molecule has 0 amide bonds. The van der Waals surface area contributed by atoms with Crippen LogP contribution in [0.2, 0.25) is 0 Å². The number of hydrogen-bond donors (Lipinski definition) is 1. The van der Waals surface area contributed by atoms with Gasteiger partial charge in [0, 0.05) is 6.54 Å². The molecular formula is C11H19NO. The first kappa shape index (κ1) is 9.22. The molecule has 1 saturated carbocycles. The molecule has 2 rings (SSSR count). The standard InChI is InChI=1S/C11H19NO/c1-2-11(9-13-7-1)8-12-6-5-10-3-4-10/h2,10,12H,1,3-9H2. The monoisotopic (exact) mass is 181 g/mol. The summed E-state index contributed by atoms with van der Waals surface area (Å²) in [4.78, 5) is 0. The fraction of sp³-hybridized carbons (Fsp3) is 0.818. The van der Waals surface area contributed by atoms with Crippen LogP contribution >= 0.6 is 0 Å². The molecule has 0 aromatic carbocycles. The van der Waals surface area contributed by atoms with E-state index in [1.54, 1.807) is 0 Å². The third-order valence-electron chi connectivity index (χ3n) is 2.76. The van der Waals surface area contributed by atoms with Gasteiger partial charge in [-0.15, -0.1) is 0 Å². The first-order valence-electron chi connectivity index (χ1n) is 5.41. The molecule has 0 radical (unpaired) electrons. The van der Waals surface area contributed by atoms with Crippen molar-refractivity contribution in [3.05, 3.63) is 11.6 Å². The van der Waals surface area contributed by atoms with Crippen LogP contribution in [-0.2, 0) is 4.74 Å². The summed E-state index contributed by atoms with van der Waals surface area (Å²) in [7, 11) is 0. The Morgan fingerprint density at radius 2 is 2.38 bits per heavy atom. The highest BCUT2D eigenvalue weighted by Gasteiger charge is 2.19. The summed E-state index contributed by atoms with van der Waals surface area (Å²) in [6, 6.07) is 0. The van der Waals surface area contributed by atoms with Gasteiger partial charge < -0.3 is 10.1 Å². The molecule has 1 heterocycles. The Morgan fingerprint density at radius 3 is 3.08 bits per heavy atom. The van der Waals surface area contributed by atoms with E-state index in [0.717, 1.165) is 32.1 Å². The van der Waals surface area contributed by atoms with Crippen LogP contribution in [0.4, 0.5) is 0 Å². The zero-order valence-electron chi connectivity index (χ0n) is 8.22. The zero-order valence-corrected chi connectivity index (χ0v) is 8.22. The lowest BCUT2D eigenvalue weighted by atomic mass is 10.2. The van der Waals surface area contributed by atoms with Gasteiger partial charge in [-0.05, 0) is 30.9 Å². The predicted octanol–water partition coefficient (Wildman–Crippen LogP) is 1.72. The van der Waals surface area contributed by atoms with Gasteiger partial charge in [-0.1, -0.05) is 18.9 Å². The molecule has 0 atom stereocenters. The highest BCUT2D eigenvalue weighted by atomic mass is 16.5. The van der Waals surface area contributed by atoms with Crippen molar-refractivity contribution in [3.8, 4) is 0 Å². The first-order chi connectivity index (χ1) is 6.45. The summed E-state index contributed by atoms with van der Waals surface area (Å²) >= 11 is 0. The van der Waals surface area contributed by atoms with Crippen LogP contribution in [0, 0.1) is 5.92 Å². The molecular weight excluding hydrogens is 162 g/mol. The van der Waals surface area contributed by atoms with Crippen molar-refractivity contribution >= 4 is 0 Å². The van der Waals surface area contributed by atoms with Crippen molar-refractivity contribution in [2.45, 2.75) is 25.7 Å². The molecule has 2 nitrogen and oxygen atoms in total. The van der Waals surface area contributed by atoms with Gasteiger partial charge >= 0.3 is 0 Å². The highest BCUT2D eigenvalue weighted by molar-refractivity contribution is 5.06. The largest absolute Gasteiger partial charge is 0.377 e. The van der Waals surface area contributed by atoms with Crippen molar-refractivity contribution < 1.29 is 4.74 Å². The van der Waals surface area contributed by atoms with Crippen LogP contribution in [0.25, 0.3) is 0 Å². The van der Waals surface area contributed by atoms with E-state index in [9.17, 15) is 0 Å². The third-order valence-corrected chi connectivity index (χ3v) is 2.76. The minimum Gasteiger partial charge on any atom is -0.377 e. The van der Waals surface area contributed by atoms with E-state index >= 15 is 0 Å². The Balaban J connectivity index is 1.53. The van der Waals surface area contributed by atoms with Crippen LogP contribution in [0.1, 0.15) is 25.7 Å². The highest BCUT2D eigenvalue weighted by Crippen LogP contribution is 2.31. The van der Waals surface area contributed by atoms with E-state index < -0.39 is 0 Å². The van der Waals surface area contributed by atoms with E-state index in [1.807, 2.05) is 0 Å². The molecule has 2 heteroatoms. The van der Waals surface area contributed by atoms with Crippen molar-refractivity contribution in [1.29, 1.82) is 0 Å². The molecule has 0 aromatic rings. The first-order valence-corrected chi connectivity index (χ1v) is 5.41. The lowest BCUT2D eigenvalue weighted by Crippen LogP contribution is -2.22. The summed E-state index contributed by atoms with van der Waals surface area (Å²) in [6.45, 7) is 3.97. The van der Waals surface area contributed by atoms with Gasteiger partial charge in [-0.3, -0.25) is 0 Å². The van der Waals surface area contributed by atoms with Crippen LogP contribution < -0.4 is 5.32 Å². The lowest BCUT2D eigenvalue weighted by Gasteiger charge is -2.14. The molecule has 0 bridgehead atoms. The van der Waals surface area contributed by atoms with Crippen LogP contribution in [-0.4, -0.2) is 26.3 Å². The second kappa shape index (κ2) is 4.77. The Kier molecular flexibility index (Phi) is 3.39. The summed E-state index contributed by atoms with van der Waals surface area (Å²) in [5, 5.41) is 3.48. The summed E-state index contributed by atoms with van der Waals surface area (Å²) in [6.07, 6.45) is 7.71. The number of hydrogen-bond acceptors (Lipinski definition) is 2. The van der Waals surface area contributed by atoms with E-state index in [1.165, 1.54) is 31.4 Å². The minimum atomic E-state index is 0.844. The normalized spacial score (nSPS) is 22.9. The average Bonchev–Trinajstić information content (AvgIpc) is 2.98. The van der Waals surface area contributed by atoms with E-state index in [0.29, 0.717) is 0 Å². The van der Waals surface area contributed by atoms with Gasteiger partial charge in [0.2, 0.25) is 0 Å². The Hall–Kier alpha value is -0.340. The molecule has 1 aliphatic carbocycles. The second-order valence-electron chi connectivity index (χ2n) is 4.11. The molecule has 0 saturated heterocycles. The molecule has 0 unspecified atom stereocenters. The van der Waals surface area contributed by atoms with E-state index in [2.05, 4.69) is 11.4 Å². The third kappa shape index (κ3) is 3.49. The maximum Gasteiger partial charge on any atom is 0.0689 e. The molecule has 1 fully saturated rings. The Morgan fingerprint density at radius 1 is 1.46 bits per heavy atom. The topological polar surface area (TPSA) is 21.3 Å².